The molecule has 0 saturated carbocycles. The predicted octanol–water partition coefficient (Wildman–Crippen LogP) is 12.9. The van der Waals surface area contributed by atoms with Crippen molar-refractivity contribution in [2.75, 3.05) is 0 Å². The molecule has 0 amide bonds. The molecule has 0 nitrogen and oxygen atoms in total. The van der Waals surface area contributed by atoms with E-state index in [0.29, 0.717) is 0 Å². The molecular formula is C45H60BF4IrP2-3. The molecule has 0 saturated heterocycles. The molecule has 0 bridgehead atoms. The van der Waals surface area contributed by atoms with E-state index in [1.165, 1.54) is 91.4 Å². The SMILES string of the molecule is C1=CCC/C=C\CC1.C[CH-]C[CH-]C.Cc1cc(C)cc(Pc2cc(C)cc(C)c2)c1.Cc1cc(C)cc(Pc2cc(C)cc(C)c2)c1.F[B-](F)(F)F.[Ir]. The number of hydrogen-bond donors (Lipinski definition) is 0. The van der Waals surface area contributed by atoms with Gasteiger partial charge in [-0.1, -0.05) is 159 Å². The third kappa shape index (κ3) is 27.8. The Labute approximate surface area is 337 Å². The first kappa shape index (κ1) is 50.7. The van der Waals surface area contributed by atoms with Crippen molar-refractivity contribution in [3.63, 3.8) is 0 Å². The van der Waals surface area contributed by atoms with Gasteiger partial charge >= 0.3 is 7.25 Å². The molecule has 0 aliphatic heterocycles. The van der Waals surface area contributed by atoms with Crippen molar-refractivity contribution in [1.29, 1.82) is 0 Å². The summed E-state index contributed by atoms with van der Waals surface area (Å²) in [5, 5.41) is 5.75. The van der Waals surface area contributed by atoms with Crippen LogP contribution in [0.3, 0.4) is 0 Å². The summed E-state index contributed by atoms with van der Waals surface area (Å²) >= 11 is 0. The van der Waals surface area contributed by atoms with E-state index < -0.39 is 7.25 Å². The van der Waals surface area contributed by atoms with Crippen molar-refractivity contribution in [3.05, 3.63) is 154 Å². The standard InChI is InChI=1S/2C16H19P.C8H12.C5H10.BF4.Ir/c2*1-11-5-12(2)8-15(7-11)17-16-9-13(3)6-14(4)10-16;1-2-4-6-8-7-5-3-1;1-3-5-4-2;2-1(3,4)5;/h2*5-10,17H,1-4H3;1-2,7-8H,3-6H2;3-4H,5H2,1-2H3;;/q;;;-2;-1;/b;;2-1-,8-7?;;;. The Morgan fingerprint density at radius 2 is 0.585 bits per heavy atom. The fourth-order valence-electron chi connectivity index (χ4n) is 5.61. The van der Waals surface area contributed by atoms with Crippen LogP contribution in [0.25, 0.3) is 0 Å². The summed E-state index contributed by atoms with van der Waals surface area (Å²) < 4.78 is 39.0. The van der Waals surface area contributed by atoms with Crippen LogP contribution in [-0.2, 0) is 20.1 Å². The van der Waals surface area contributed by atoms with Gasteiger partial charge in [-0.05, 0) is 102 Å². The van der Waals surface area contributed by atoms with Gasteiger partial charge in [-0.3, -0.25) is 0 Å². The predicted molar refractivity (Wildman–Crippen MR) is 230 cm³/mol. The average molecular weight is 942 g/mol. The van der Waals surface area contributed by atoms with Crippen LogP contribution < -0.4 is 21.2 Å². The van der Waals surface area contributed by atoms with E-state index in [1.807, 2.05) is 0 Å². The first-order chi connectivity index (χ1) is 24.5. The van der Waals surface area contributed by atoms with E-state index in [-0.39, 0.29) is 20.1 Å². The van der Waals surface area contributed by atoms with Crippen LogP contribution in [0.15, 0.2) is 97.1 Å². The molecule has 1 radical (unpaired) electrons. The van der Waals surface area contributed by atoms with Crippen LogP contribution in [0.4, 0.5) is 17.3 Å². The number of rotatable bonds is 6. The maximum absolute atomic E-state index is 9.75. The second-order valence-electron chi connectivity index (χ2n) is 13.4. The van der Waals surface area contributed by atoms with Crippen molar-refractivity contribution in [1.82, 2.24) is 0 Å². The minimum absolute atomic E-state index is 0. The molecule has 4 aromatic carbocycles. The van der Waals surface area contributed by atoms with Gasteiger partial charge in [0, 0.05) is 20.1 Å². The zero-order valence-corrected chi connectivity index (χ0v) is 37.7. The first-order valence-electron chi connectivity index (χ1n) is 18.1. The van der Waals surface area contributed by atoms with E-state index in [9.17, 15) is 17.3 Å². The molecule has 0 N–H and O–H groups in total. The van der Waals surface area contributed by atoms with E-state index in [1.54, 1.807) is 0 Å². The fourth-order valence-corrected chi connectivity index (χ4v) is 8.68. The molecule has 1 aliphatic rings. The van der Waals surface area contributed by atoms with Gasteiger partial charge in [0.05, 0.1) is 0 Å². The largest absolute Gasteiger partial charge is 0.673 e. The summed E-state index contributed by atoms with van der Waals surface area (Å²) in [6, 6.07) is 27.3. The first-order valence-corrected chi connectivity index (χ1v) is 20.1. The molecule has 0 spiro atoms. The van der Waals surface area contributed by atoms with E-state index in [4.69, 9.17) is 0 Å². The van der Waals surface area contributed by atoms with E-state index >= 15 is 0 Å². The van der Waals surface area contributed by atoms with Crippen molar-refractivity contribution in [2.24, 2.45) is 0 Å². The summed E-state index contributed by atoms with van der Waals surface area (Å²) in [7, 11) is -4.48. The zero-order chi connectivity index (χ0) is 39.1. The summed E-state index contributed by atoms with van der Waals surface area (Å²) in [5.74, 6) is 0. The molecule has 8 heteroatoms. The van der Waals surface area contributed by atoms with Gasteiger partial charge in [0.25, 0.3) is 0 Å². The van der Waals surface area contributed by atoms with Crippen molar-refractivity contribution in [3.8, 4) is 0 Å². The Morgan fingerprint density at radius 1 is 0.415 bits per heavy atom. The number of allylic oxidation sites excluding steroid dienone is 4. The number of unbranched alkanes of at least 4 members (excludes halogenated alkanes) is 2. The Hall–Kier alpha value is -2.35. The van der Waals surface area contributed by atoms with Crippen LogP contribution in [0.2, 0.25) is 0 Å². The molecule has 0 unspecified atom stereocenters. The molecule has 53 heavy (non-hydrogen) atoms. The number of aryl methyl sites for hydroxylation is 8. The molecule has 4 aromatic rings. The van der Waals surface area contributed by atoms with Crippen LogP contribution in [0.1, 0.15) is 90.5 Å². The molecule has 0 atom stereocenters. The summed E-state index contributed by atoms with van der Waals surface area (Å²) in [6.45, 7) is 21.5. The van der Waals surface area contributed by atoms with Crippen LogP contribution in [0.5, 0.6) is 0 Å². The van der Waals surface area contributed by atoms with Crippen molar-refractivity contribution >= 4 is 45.6 Å². The molecule has 1 aliphatic carbocycles. The second-order valence-corrected chi connectivity index (χ2v) is 16.2. The average Bonchev–Trinajstić information content (AvgIpc) is 2.95. The molecular weight excluding hydrogens is 881 g/mol. The third-order valence-corrected chi connectivity index (χ3v) is 9.58. The second kappa shape index (κ2) is 28.1. The van der Waals surface area contributed by atoms with Crippen LogP contribution in [0, 0.1) is 68.2 Å². The number of hydrogen-bond acceptors (Lipinski definition) is 0. The monoisotopic (exact) mass is 942 g/mol. The number of benzene rings is 4. The van der Waals surface area contributed by atoms with Gasteiger partial charge in [0.2, 0.25) is 0 Å². The Balaban J connectivity index is 0.000000699. The molecule has 0 heterocycles. The molecule has 0 fully saturated rings. The Kier molecular flexibility index (Phi) is 26.9. The van der Waals surface area contributed by atoms with E-state index in [0.717, 1.165) is 23.6 Å². The topological polar surface area (TPSA) is 0 Å². The van der Waals surface area contributed by atoms with Gasteiger partial charge in [-0.15, -0.1) is 0 Å². The van der Waals surface area contributed by atoms with Crippen LogP contribution >= 0.6 is 17.2 Å². The molecule has 293 valence electrons. The maximum Gasteiger partial charge on any atom is 0.673 e. The third-order valence-electron chi connectivity index (χ3n) is 7.27. The molecule has 5 rings (SSSR count). The fraction of sp³-hybridized carbons (Fsp3) is 0.333. The van der Waals surface area contributed by atoms with Crippen LogP contribution in [-0.4, -0.2) is 7.25 Å². The number of halogens is 4. The van der Waals surface area contributed by atoms with E-state index in [2.05, 4.69) is 179 Å². The normalized spacial score (nSPS) is 12.3. The zero-order valence-electron chi connectivity index (χ0n) is 33.4. The smallest absolute Gasteiger partial charge is 0.418 e. The van der Waals surface area contributed by atoms with Gasteiger partial charge in [0.15, 0.2) is 0 Å². The minimum atomic E-state index is -6.00. The molecule has 0 aromatic heterocycles. The Morgan fingerprint density at radius 3 is 0.717 bits per heavy atom. The van der Waals surface area contributed by atoms with Gasteiger partial charge in [0.1, 0.15) is 0 Å². The van der Waals surface area contributed by atoms with Crippen molar-refractivity contribution < 1.29 is 37.4 Å². The summed E-state index contributed by atoms with van der Waals surface area (Å²) in [6.07, 6.45) is 19.4. The minimum Gasteiger partial charge on any atom is -0.418 e. The summed E-state index contributed by atoms with van der Waals surface area (Å²) in [4.78, 5) is 0. The van der Waals surface area contributed by atoms with Gasteiger partial charge < -0.3 is 36.5 Å². The Bertz CT molecular complexity index is 1370. The van der Waals surface area contributed by atoms with Gasteiger partial charge in [-0.2, -0.15) is 13.8 Å². The van der Waals surface area contributed by atoms with Gasteiger partial charge in [-0.25, -0.2) is 0 Å². The quantitative estimate of drug-likeness (QED) is 0.0594. The van der Waals surface area contributed by atoms with Crippen molar-refractivity contribution in [2.45, 2.75) is 101 Å². The summed E-state index contributed by atoms with van der Waals surface area (Å²) in [5.41, 5.74) is 10.9. The maximum atomic E-state index is 9.75.